The second kappa shape index (κ2) is 10.8. The van der Waals surface area contributed by atoms with Crippen LogP contribution in [0.15, 0.2) is 24.3 Å². The van der Waals surface area contributed by atoms with E-state index in [2.05, 4.69) is 10.6 Å². The van der Waals surface area contributed by atoms with Crippen LogP contribution in [0.2, 0.25) is 0 Å². The second-order valence-corrected chi connectivity index (χ2v) is 10.0. The number of hydrogen-bond donors (Lipinski definition) is 4. The number of hydroxylamine groups is 1. The molecule has 0 fully saturated rings. The zero-order valence-electron chi connectivity index (χ0n) is 20.5. The maximum absolute atomic E-state index is 13.4. The number of nitrogens with zero attached hydrogens (tertiary/aromatic N) is 1. The Morgan fingerprint density at radius 3 is 1.88 bits per heavy atom. The number of carbonyl (C=O) groups excluding carboxylic acids is 5. The van der Waals surface area contributed by atoms with Gasteiger partial charge in [0.25, 0.3) is 11.8 Å². The molecule has 0 unspecified atom stereocenters. The van der Waals surface area contributed by atoms with E-state index in [0.717, 1.165) is 4.90 Å². The van der Waals surface area contributed by atoms with Gasteiger partial charge in [-0.05, 0) is 29.9 Å². The average molecular weight is 475 g/mol. The number of amides is 5. The molecule has 1 aliphatic heterocycles. The van der Waals surface area contributed by atoms with Crippen LogP contribution in [-0.4, -0.2) is 59.3 Å². The van der Waals surface area contributed by atoms with Crippen LogP contribution in [0, 0.1) is 23.2 Å². The molecule has 5 amide bonds. The van der Waals surface area contributed by atoms with E-state index in [1.54, 1.807) is 38.4 Å². The Hall–Kier alpha value is -3.27. The average Bonchev–Trinajstić information content (AvgIpc) is 3.02. The zero-order chi connectivity index (χ0) is 25.8. The molecule has 0 saturated heterocycles. The van der Waals surface area contributed by atoms with E-state index in [9.17, 15) is 29.2 Å². The predicted molar refractivity (Wildman–Crippen MR) is 124 cm³/mol. The summed E-state index contributed by atoms with van der Waals surface area (Å²) >= 11 is 0. The van der Waals surface area contributed by atoms with E-state index >= 15 is 0 Å². The number of nitrogens with one attached hydrogen (secondary N) is 3. The minimum Gasteiger partial charge on any atom is -0.357 e. The minimum atomic E-state index is -1.24. The van der Waals surface area contributed by atoms with Gasteiger partial charge < -0.3 is 10.6 Å². The first-order chi connectivity index (χ1) is 15.8. The van der Waals surface area contributed by atoms with Crippen molar-refractivity contribution < 1.29 is 29.2 Å². The molecule has 1 heterocycles. The highest BCUT2D eigenvalue weighted by molar-refractivity contribution is 6.21. The molecule has 1 aliphatic rings. The van der Waals surface area contributed by atoms with Crippen molar-refractivity contribution in [3.63, 3.8) is 0 Å². The molecule has 10 heteroatoms. The molecule has 3 atom stereocenters. The second-order valence-electron chi connectivity index (χ2n) is 10.0. The van der Waals surface area contributed by atoms with E-state index in [4.69, 9.17) is 0 Å². The summed E-state index contributed by atoms with van der Waals surface area (Å²) in [5.74, 6) is -5.32. The summed E-state index contributed by atoms with van der Waals surface area (Å²) in [5, 5.41) is 14.7. The molecule has 10 nitrogen and oxygen atoms in total. The first-order valence-electron chi connectivity index (χ1n) is 11.2. The van der Waals surface area contributed by atoms with Crippen molar-refractivity contribution >= 4 is 29.5 Å². The lowest BCUT2D eigenvalue weighted by molar-refractivity contribution is -0.142. The van der Waals surface area contributed by atoms with Crippen molar-refractivity contribution in [3.05, 3.63) is 35.4 Å². The van der Waals surface area contributed by atoms with Crippen LogP contribution in [0.1, 0.15) is 61.8 Å². The molecule has 4 N–H and O–H groups in total. The Kier molecular flexibility index (Phi) is 8.55. The molecule has 34 heavy (non-hydrogen) atoms. The van der Waals surface area contributed by atoms with Gasteiger partial charge in [0.05, 0.1) is 23.0 Å². The Morgan fingerprint density at radius 1 is 0.941 bits per heavy atom. The topological polar surface area (TPSA) is 145 Å². The van der Waals surface area contributed by atoms with E-state index in [-0.39, 0.29) is 23.5 Å². The Balaban J connectivity index is 2.40. The van der Waals surface area contributed by atoms with Gasteiger partial charge in [0, 0.05) is 13.6 Å². The van der Waals surface area contributed by atoms with Crippen LogP contribution in [0.4, 0.5) is 0 Å². The van der Waals surface area contributed by atoms with Gasteiger partial charge in [-0.1, -0.05) is 46.8 Å². The highest BCUT2D eigenvalue weighted by atomic mass is 16.5. The summed E-state index contributed by atoms with van der Waals surface area (Å²) in [4.78, 5) is 65.2. The quantitative estimate of drug-likeness (QED) is 0.241. The number of likely N-dealkylation sites (N-methyl/N-ethyl adjacent to an activating group) is 1. The fraction of sp³-hybridized carbons (Fsp3) is 0.542. The number of imide groups is 1. The molecular weight excluding hydrogens is 440 g/mol. The molecule has 186 valence electrons. The van der Waals surface area contributed by atoms with Crippen LogP contribution < -0.4 is 16.1 Å². The molecule has 0 radical (unpaired) electrons. The van der Waals surface area contributed by atoms with Crippen LogP contribution in [0.5, 0.6) is 0 Å². The summed E-state index contributed by atoms with van der Waals surface area (Å²) in [6.07, 6.45) is 0.220. The van der Waals surface area contributed by atoms with Crippen LogP contribution in [-0.2, 0) is 14.4 Å². The van der Waals surface area contributed by atoms with E-state index in [0.29, 0.717) is 0 Å². The van der Waals surface area contributed by atoms with Gasteiger partial charge in [0.15, 0.2) is 0 Å². The highest BCUT2D eigenvalue weighted by Gasteiger charge is 2.43. The minimum absolute atomic E-state index is 0.0417. The molecule has 1 aromatic rings. The summed E-state index contributed by atoms with van der Waals surface area (Å²) in [6.45, 7) is 8.69. The van der Waals surface area contributed by atoms with Gasteiger partial charge in [0.2, 0.25) is 17.7 Å². The third-order valence-corrected chi connectivity index (χ3v) is 5.91. The molecule has 2 rings (SSSR count). The third-order valence-electron chi connectivity index (χ3n) is 5.91. The summed E-state index contributed by atoms with van der Waals surface area (Å²) in [6, 6.07) is 5.41. The lowest BCUT2D eigenvalue weighted by Crippen LogP contribution is -2.56. The van der Waals surface area contributed by atoms with Crippen molar-refractivity contribution in [1.82, 2.24) is 21.0 Å². The molecular formula is C24H34N4O6. The fourth-order valence-electron chi connectivity index (χ4n) is 4.11. The largest absolute Gasteiger partial charge is 0.357 e. The normalized spacial score (nSPS) is 16.1. The molecule has 0 bridgehead atoms. The van der Waals surface area contributed by atoms with Crippen molar-refractivity contribution in [2.75, 3.05) is 13.6 Å². The van der Waals surface area contributed by atoms with Gasteiger partial charge in [0.1, 0.15) is 6.04 Å². The third kappa shape index (κ3) is 5.80. The Morgan fingerprint density at radius 2 is 1.47 bits per heavy atom. The molecule has 0 saturated carbocycles. The van der Waals surface area contributed by atoms with Crippen LogP contribution in [0.3, 0.4) is 0 Å². The number of benzene rings is 1. The zero-order valence-corrected chi connectivity index (χ0v) is 20.5. The van der Waals surface area contributed by atoms with E-state index < -0.39 is 59.4 Å². The first-order valence-corrected chi connectivity index (χ1v) is 11.2. The number of rotatable bonds is 9. The standard InChI is InChI=1S/C24H34N4O6/c1-13(2)11-16(19(29)26-18(21(31)25-6)24(3,4)5)17(20(30)27-34)12-28-22(32)14-9-7-8-10-15(14)23(28)33/h7-10,13,16-18,34H,11-12H2,1-6H3,(H,25,31)(H,26,29)(H,27,30)/t16-,17+,18-/m1/s1. The van der Waals surface area contributed by atoms with Crippen LogP contribution >= 0.6 is 0 Å². The maximum Gasteiger partial charge on any atom is 0.261 e. The van der Waals surface area contributed by atoms with Crippen LogP contribution in [0.25, 0.3) is 0 Å². The monoisotopic (exact) mass is 474 g/mol. The summed E-state index contributed by atoms with van der Waals surface area (Å²) in [5.41, 5.74) is 1.37. The van der Waals surface area contributed by atoms with Crippen molar-refractivity contribution in [2.45, 2.75) is 47.1 Å². The van der Waals surface area contributed by atoms with Crippen molar-refractivity contribution in [2.24, 2.45) is 23.2 Å². The van der Waals surface area contributed by atoms with Gasteiger partial charge >= 0.3 is 0 Å². The van der Waals surface area contributed by atoms with E-state index in [1.165, 1.54) is 19.2 Å². The van der Waals surface area contributed by atoms with Gasteiger partial charge in [-0.3, -0.25) is 34.1 Å². The molecule has 0 spiro atoms. The highest BCUT2D eigenvalue weighted by Crippen LogP contribution is 2.29. The fourth-order valence-corrected chi connectivity index (χ4v) is 4.11. The SMILES string of the molecule is CNC(=O)[C@@H](NC(=O)[C@H](CC(C)C)[C@H](CN1C(=O)c2ccccc2C1=O)C(=O)NO)C(C)(C)C. The van der Waals surface area contributed by atoms with Crippen molar-refractivity contribution in [3.8, 4) is 0 Å². The van der Waals surface area contributed by atoms with E-state index in [1.807, 2.05) is 13.8 Å². The number of hydrogen-bond acceptors (Lipinski definition) is 6. The smallest absolute Gasteiger partial charge is 0.261 e. The predicted octanol–water partition coefficient (Wildman–Crippen LogP) is 1.34. The summed E-state index contributed by atoms with van der Waals surface area (Å²) in [7, 11) is 1.46. The lowest BCUT2D eigenvalue weighted by Gasteiger charge is -2.34. The summed E-state index contributed by atoms with van der Waals surface area (Å²) < 4.78 is 0. The van der Waals surface area contributed by atoms with Gasteiger partial charge in [-0.25, -0.2) is 5.48 Å². The van der Waals surface area contributed by atoms with Crippen molar-refractivity contribution in [1.29, 1.82) is 0 Å². The lowest BCUT2D eigenvalue weighted by atomic mass is 9.81. The van der Waals surface area contributed by atoms with Gasteiger partial charge in [-0.2, -0.15) is 0 Å². The Bertz CT molecular complexity index is 933. The number of fused-ring (bicyclic) bond motifs is 1. The Labute approximate surface area is 199 Å². The first kappa shape index (κ1) is 27.0. The molecule has 1 aromatic carbocycles. The molecule has 0 aromatic heterocycles. The maximum atomic E-state index is 13.4. The number of carbonyl (C=O) groups is 5. The van der Waals surface area contributed by atoms with Gasteiger partial charge in [-0.15, -0.1) is 0 Å². The molecule has 0 aliphatic carbocycles.